The summed E-state index contributed by atoms with van der Waals surface area (Å²) < 4.78 is 0. The van der Waals surface area contributed by atoms with Crippen molar-refractivity contribution in [3.63, 3.8) is 0 Å². The molecule has 0 aliphatic heterocycles. The van der Waals surface area contributed by atoms with Crippen molar-refractivity contribution in [3.8, 4) is 0 Å². The minimum atomic E-state index is -0.372. The summed E-state index contributed by atoms with van der Waals surface area (Å²) in [6.07, 6.45) is 0.790. The number of nitrogens with one attached hydrogen (secondary N) is 2. The molecule has 6 heteroatoms. The van der Waals surface area contributed by atoms with Crippen molar-refractivity contribution < 1.29 is 9.59 Å². The van der Waals surface area contributed by atoms with Crippen LogP contribution in [0.3, 0.4) is 0 Å². The van der Waals surface area contributed by atoms with E-state index in [0.717, 1.165) is 0 Å². The summed E-state index contributed by atoms with van der Waals surface area (Å²) in [6, 6.07) is 6.54. The van der Waals surface area contributed by atoms with Gasteiger partial charge in [-0.15, -0.1) is 0 Å². The predicted octanol–water partition coefficient (Wildman–Crippen LogP) is 0.656. The number of hydrogen-bond donors (Lipinski definition) is 4. The van der Waals surface area contributed by atoms with Crippen molar-refractivity contribution in [2.45, 2.75) is 12.8 Å². The van der Waals surface area contributed by atoms with Crippen LogP contribution in [0.4, 0.5) is 16.2 Å². The van der Waals surface area contributed by atoms with Gasteiger partial charge in [0.2, 0.25) is 5.91 Å². The summed E-state index contributed by atoms with van der Waals surface area (Å²) in [4.78, 5) is 21.8. The number of hydrogen-bond acceptors (Lipinski definition) is 3. The predicted molar refractivity (Wildman–Crippen MR) is 66.3 cm³/mol. The second kappa shape index (κ2) is 6.37. The molecule has 92 valence electrons. The molecule has 17 heavy (non-hydrogen) atoms. The van der Waals surface area contributed by atoms with Crippen LogP contribution < -0.4 is 22.1 Å². The van der Waals surface area contributed by atoms with Crippen molar-refractivity contribution in [1.82, 2.24) is 5.32 Å². The van der Waals surface area contributed by atoms with Crippen LogP contribution in [0.2, 0.25) is 0 Å². The number of anilines is 2. The molecule has 0 saturated heterocycles. The van der Waals surface area contributed by atoms with Gasteiger partial charge < -0.3 is 22.1 Å². The minimum absolute atomic E-state index is 0.262. The van der Waals surface area contributed by atoms with Crippen molar-refractivity contribution >= 4 is 23.3 Å². The first kappa shape index (κ1) is 12.8. The Hall–Kier alpha value is -2.24. The lowest BCUT2D eigenvalue weighted by Crippen LogP contribution is -2.30. The molecule has 1 rings (SSSR count). The van der Waals surface area contributed by atoms with Gasteiger partial charge in [0.25, 0.3) is 0 Å². The zero-order valence-electron chi connectivity index (χ0n) is 9.40. The van der Waals surface area contributed by atoms with E-state index >= 15 is 0 Å². The maximum atomic E-state index is 11.4. The van der Waals surface area contributed by atoms with Crippen molar-refractivity contribution in [3.05, 3.63) is 24.3 Å². The zero-order chi connectivity index (χ0) is 12.7. The Kier molecular flexibility index (Phi) is 4.80. The van der Waals surface area contributed by atoms with E-state index in [1.807, 2.05) is 0 Å². The van der Waals surface area contributed by atoms with Crippen LogP contribution >= 0.6 is 0 Å². The van der Waals surface area contributed by atoms with Crippen LogP contribution in [-0.4, -0.2) is 18.5 Å². The van der Waals surface area contributed by atoms with Gasteiger partial charge in [0.05, 0.1) is 0 Å². The molecule has 0 atom stereocenters. The molecular weight excluding hydrogens is 220 g/mol. The molecule has 0 unspecified atom stereocenters. The van der Waals surface area contributed by atoms with Gasteiger partial charge >= 0.3 is 6.03 Å². The molecule has 0 spiro atoms. The highest BCUT2D eigenvalue weighted by molar-refractivity contribution is 5.89. The summed E-state index contributed by atoms with van der Waals surface area (Å²) in [5.74, 6) is -0.372. The molecule has 1 aromatic rings. The molecular formula is C11H16N4O2. The molecule has 0 aliphatic carbocycles. The molecule has 6 N–H and O–H groups in total. The minimum Gasteiger partial charge on any atom is -0.399 e. The Morgan fingerprint density at radius 1 is 1.29 bits per heavy atom. The van der Waals surface area contributed by atoms with E-state index in [9.17, 15) is 9.59 Å². The Bertz CT molecular complexity index is 406. The lowest BCUT2D eigenvalue weighted by atomic mass is 10.3. The lowest BCUT2D eigenvalue weighted by molar-refractivity contribution is -0.118. The largest absolute Gasteiger partial charge is 0.399 e. The van der Waals surface area contributed by atoms with Crippen LogP contribution in [0, 0.1) is 0 Å². The SMILES string of the molecule is NC(=O)CCCNC(=O)Nc1cccc(N)c1. The molecule has 0 heterocycles. The fraction of sp³-hybridized carbons (Fsp3) is 0.273. The van der Waals surface area contributed by atoms with Gasteiger partial charge in [0, 0.05) is 24.3 Å². The Morgan fingerprint density at radius 3 is 2.71 bits per heavy atom. The van der Waals surface area contributed by atoms with Crippen molar-refractivity contribution in [2.24, 2.45) is 5.73 Å². The van der Waals surface area contributed by atoms with Gasteiger partial charge in [-0.3, -0.25) is 4.79 Å². The van der Waals surface area contributed by atoms with Crippen LogP contribution in [-0.2, 0) is 4.79 Å². The first-order valence-corrected chi connectivity index (χ1v) is 5.26. The number of rotatable bonds is 5. The van der Waals surface area contributed by atoms with Crippen LogP contribution in [0.15, 0.2) is 24.3 Å². The van der Waals surface area contributed by atoms with Crippen LogP contribution in [0.25, 0.3) is 0 Å². The fourth-order valence-corrected chi connectivity index (χ4v) is 1.26. The number of nitrogens with two attached hydrogens (primary N) is 2. The highest BCUT2D eigenvalue weighted by Gasteiger charge is 2.01. The van der Waals surface area contributed by atoms with E-state index in [0.29, 0.717) is 24.3 Å². The molecule has 0 saturated carbocycles. The number of amides is 3. The molecule has 0 aliphatic rings. The molecule has 0 radical (unpaired) electrons. The van der Waals surface area contributed by atoms with Crippen molar-refractivity contribution in [2.75, 3.05) is 17.6 Å². The monoisotopic (exact) mass is 236 g/mol. The van der Waals surface area contributed by atoms with Gasteiger partial charge in [0.1, 0.15) is 0 Å². The van der Waals surface area contributed by atoms with E-state index in [2.05, 4.69) is 10.6 Å². The quantitative estimate of drug-likeness (QED) is 0.445. The fourth-order valence-electron chi connectivity index (χ4n) is 1.26. The molecule has 0 fully saturated rings. The van der Waals surface area contributed by atoms with Gasteiger partial charge in [-0.05, 0) is 24.6 Å². The normalized spacial score (nSPS) is 9.65. The van der Waals surface area contributed by atoms with Gasteiger partial charge in [-0.25, -0.2) is 4.79 Å². The highest BCUT2D eigenvalue weighted by Crippen LogP contribution is 2.11. The number of carbonyl (C=O) groups is 2. The summed E-state index contributed by atoms with van der Waals surface area (Å²) >= 11 is 0. The Morgan fingerprint density at radius 2 is 2.06 bits per heavy atom. The smallest absolute Gasteiger partial charge is 0.319 e. The summed E-state index contributed by atoms with van der Waals surface area (Å²) in [5.41, 5.74) is 11.7. The highest BCUT2D eigenvalue weighted by atomic mass is 16.2. The third kappa shape index (κ3) is 5.41. The van der Waals surface area contributed by atoms with E-state index in [4.69, 9.17) is 11.5 Å². The standard InChI is InChI=1S/C11H16N4O2/c12-8-3-1-4-9(7-8)15-11(17)14-6-2-5-10(13)16/h1,3-4,7H,2,5-6,12H2,(H2,13,16)(H2,14,15,17). The van der Waals surface area contributed by atoms with Gasteiger partial charge in [-0.1, -0.05) is 6.07 Å². The van der Waals surface area contributed by atoms with Gasteiger partial charge in [0.15, 0.2) is 0 Å². The number of benzene rings is 1. The van der Waals surface area contributed by atoms with E-state index in [-0.39, 0.29) is 18.4 Å². The first-order valence-electron chi connectivity index (χ1n) is 5.26. The third-order valence-electron chi connectivity index (χ3n) is 2.03. The molecule has 0 bridgehead atoms. The van der Waals surface area contributed by atoms with Crippen LogP contribution in [0.1, 0.15) is 12.8 Å². The lowest BCUT2D eigenvalue weighted by Gasteiger charge is -2.07. The van der Waals surface area contributed by atoms with Gasteiger partial charge in [-0.2, -0.15) is 0 Å². The summed E-state index contributed by atoms with van der Waals surface area (Å²) in [7, 11) is 0. The summed E-state index contributed by atoms with van der Waals surface area (Å²) in [5, 5.41) is 5.23. The maximum absolute atomic E-state index is 11.4. The average Bonchev–Trinajstić information content (AvgIpc) is 2.24. The van der Waals surface area contributed by atoms with Crippen LogP contribution in [0.5, 0.6) is 0 Å². The Labute approximate surface area is 99.4 Å². The van der Waals surface area contributed by atoms with Crippen molar-refractivity contribution in [1.29, 1.82) is 0 Å². The first-order chi connectivity index (χ1) is 8.08. The second-order valence-corrected chi connectivity index (χ2v) is 3.58. The third-order valence-corrected chi connectivity index (χ3v) is 2.03. The van der Waals surface area contributed by atoms with E-state index in [1.54, 1.807) is 24.3 Å². The number of primary amides is 1. The number of carbonyl (C=O) groups excluding carboxylic acids is 2. The topological polar surface area (TPSA) is 110 Å². The number of nitrogen functional groups attached to an aromatic ring is 1. The molecule has 0 aromatic heterocycles. The van der Waals surface area contributed by atoms with E-state index < -0.39 is 0 Å². The summed E-state index contributed by atoms with van der Waals surface area (Å²) in [6.45, 7) is 0.400. The molecule has 1 aromatic carbocycles. The molecule has 3 amide bonds. The molecule has 6 nitrogen and oxygen atoms in total. The second-order valence-electron chi connectivity index (χ2n) is 3.58. The number of urea groups is 1. The maximum Gasteiger partial charge on any atom is 0.319 e. The van der Waals surface area contributed by atoms with E-state index in [1.165, 1.54) is 0 Å². The Balaban J connectivity index is 2.27. The zero-order valence-corrected chi connectivity index (χ0v) is 9.40. The average molecular weight is 236 g/mol.